The number of carboxylic acid groups (broad SMARTS) is 1. The zero-order valence-corrected chi connectivity index (χ0v) is 12.3. The number of aliphatic carboxylic acids is 1. The van der Waals surface area contributed by atoms with Crippen molar-refractivity contribution in [1.82, 2.24) is 10.2 Å². The number of nitrogens with zero attached hydrogens (tertiary/aromatic N) is 1. The van der Waals surface area contributed by atoms with Crippen LogP contribution in [0.3, 0.4) is 0 Å². The van der Waals surface area contributed by atoms with Crippen LogP contribution >= 0.6 is 0 Å². The van der Waals surface area contributed by atoms with Crippen LogP contribution in [-0.4, -0.2) is 52.3 Å². The summed E-state index contributed by atoms with van der Waals surface area (Å²) < 4.78 is 5.90. The lowest BCUT2D eigenvalue weighted by Crippen LogP contribution is -2.61. The molecule has 0 aliphatic carbocycles. The van der Waals surface area contributed by atoms with Crippen molar-refractivity contribution in [3.05, 3.63) is 0 Å². The number of carboxylic acids is 1. The van der Waals surface area contributed by atoms with Crippen LogP contribution in [0.15, 0.2) is 0 Å². The molecule has 0 aromatic heterocycles. The van der Waals surface area contributed by atoms with E-state index < -0.39 is 17.2 Å². The fourth-order valence-electron chi connectivity index (χ4n) is 2.55. The molecule has 110 valence electrons. The molecule has 19 heavy (non-hydrogen) atoms. The first-order valence-electron chi connectivity index (χ1n) is 6.48. The maximum atomic E-state index is 12.1. The van der Waals surface area contributed by atoms with Gasteiger partial charge in [0, 0.05) is 6.04 Å². The van der Waals surface area contributed by atoms with E-state index in [2.05, 4.69) is 5.32 Å². The molecular weight excluding hydrogens is 248 g/mol. The molecule has 1 heterocycles. The highest BCUT2D eigenvalue weighted by molar-refractivity contribution is 5.76. The monoisotopic (exact) mass is 272 g/mol. The topological polar surface area (TPSA) is 78.9 Å². The van der Waals surface area contributed by atoms with Gasteiger partial charge in [-0.3, -0.25) is 4.79 Å². The van der Waals surface area contributed by atoms with Gasteiger partial charge in [0.15, 0.2) is 0 Å². The van der Waals surface area contributed by atoms with Crippen molar-refractivity contribution in [1.29, 1.82) is 0 Å². The Kier molecular flexibility index (Phi) is 4.45. The predicted molar refractivity (Wildman–Crippen MR) is 71.1 cm³/mol. The number of hydrogen-bond donors (Lipinski definition) is 2. The van der Waals surface area contributed by atoms with Crippen LogP contribution in [0.25, 0.3) is 0 Å². The molecule has 1 aliphatic heterocycles. The summed E-state index contributed by atoms with van der Waals surface area (Å²) in [6, 6.07) is -0.628. The molecule has 1 atom stereocenters. The summed E-state index contributed by atoms with van der Waals surface area (Å²) in [7, 11) is 0. The zero-order valence-electron chi connectivity index (χ0n) is 12.3. The van der Waals surface area contributed by atoms with Gasteiger partial charge in [-0.25, -0.2) is 4.79 Å². The van der Waals surface area contributed by atoms with Gasteiger partial charge in [0.1, 0.15) is 0 Å². The lowest BCUT2D eigenvalue weighted by Gasteiger charge is -2.47. The Balaban J connectivity index is 2.63. The van der Waals surface area contributed by atoms with Gasteiger partial charge in [-0.05, 0) is 34.6 Å². The van der Waals surface area contributed by atoms with E-state index in [0.717, 1.165) is 0 Å². The summed E-state index contributed by atoms with van der Waals surface area (Å²) in [5, 5.41) is 11.4. The Bertz CT molecular complexity index is 350. The second-order valence-electron chi connectivity index (χ2n) is 6.43. The molecule has 0 saturated carbocycles. The molecule has 6 nitrogen and oxygen atoms in total. The molecule has 0 aromatic rings. The molecule has 0 radical (unpaired) electrons. The van der Waals surface area contributed by atoms with Crippen LogP contribution in [0.1, 0.15) is 41.0 Å². The van der Waals surface area contributed by atoms with E-state index in [-0.39, 0.29) is 18.5 Å². The third kappa shape index (κ3) is 5.06. The lowest BCUT2D eigenvalue weighted by molar-refractivity contribution is -0.170. The Labute approximate surface area is 114 Å². The van der Waals surface area contributed by atoms with Crippen molar-refractivity contribution in [2.75, 3.05) is 13.1 Å². The van der Waals surface area contributed by atoms with Gasteiger partial charge in [-0.15, -0.1) is 0 Å². The molecule has 2 N–H and O–H groups in total. The Morgan fingerprint density at radius 2 is 1.74 bits per heavy atom. The minimum Gasteiger partial charge on any atom is -0.481 e. The fraction of sp³-hybridized carbons (Fsp3) is 0.846. The lowest BCUT2D eigenvalue weighted by atomic mass is 9.99. The molecule has 6 heteroatoms. The molecule has 1 saturated heterocycles. The Hall–Kier alpha value is -1.30. The van der Waals surface area contributed by atoms with Gasteiger partial charge in [0.2, 0.25) is 0 Å². The number of nitrogens with one attached hydrogen (secondary N) is 1. The first kappa shape index (κ1) is 15.8. The average molecular weight is 272 g/mol. The summed E-state index contributed by atoms with van der Waals surface area (Å²) in [4.78, 5) is 24.4. The maximum Gasteiger partial charge on any atom is 0.317 e. The number of amides is 2. The minimum absolute atomic E-state index is 0.0805. The molecular formula is C13H24N2O4. The van der Waals surface area contributed by atoms with Crippen LogP contribution in [0.4, 0.5) is 4.79 Å². The SMILES string of the molecule is CC(CC(=O)O)NC(=O)N1CC(C)(C)OC(C)(C)C1. The van der Waals surface area contributed by atoms with E-state index >= 15 is 0 Å². The fourth-order valence-corrected chi connectivity index (χ4v) is 2.55. The summed E-state index contributed by atoms with van der Waals surface area (Å²) in [6.45, 7) is 10.4. The van der Waals surface area contributed by atoms with Crippen molar-refractivity contribution < 1.29 is 19.4 Å². The second kappa shape index (κ2) is 5.36. The number of carbonyl (C=O) groups is 2. The van der Waals surface area contributed by atoms with Gasteiger partial charge in [0.05, 0.1) is 30.7 Å². The van der Waals surface area contributed by atoms with Gasteiger partial charge >= 0.3 is 12.0 Å². The average Bonchev–Trinajstić information content (AvgIpc) is 2.10. The molecule has 1 aliphatic rings. The number of carbonyl (C=O) groups excluding carboxylic acids is 1. The molecule has 1 unspecified atom stereocenters. The standard InChI is InChI=1S/C13H24N2O4/c1-9(6-10(16)17)14-11(18)15-7-12(2,3)19-13(4,5)8-15/h9H,6-8H2,1-5H3,(H,14,18)(H,16,17). The number of hydrogen-bond acceptors (Lipinski definition) is 3. The smallest absolute Gasteiger partial charge is 0.317 e. The predicted octanol–water partition coefficient (Wildman–Crippen LogP) is 1.45. The van der Waals surface area contributed by atoms with Gasteiger partial charge < -0.3 is 20.1 Å². The zero-order chi connectivity index (χ0) is 14.8. The van der Waals surface area contributed by atoms with Crippen LogP contribution in [-0.2, 0) is 9.53 Å². The van der Waals surface area contributed by atoms with Crippen molar-refractivity contribution in [3.63, 3.8) is 0 Å². The highest BCUT2D eigenvalue weighted by atomic mass is 16.5. The molecule has 0 spiro atoms. The van der Waals surface area contributed by atoms with Crippen molar-refractivity contribution in [2.24, 2.45) is 0 Å². The van der Waals surface area contributed by atoms with Crippen LogP contribution < -0.4 is 5.32 Å². The third-order valence-corrected chi connectivity index (χ3v) is 2.83. The van der Waals surface area contributed by atoms with Crippen LogP contribution in [0.5, 0.6) is 0 Å². The highest BCUT2D eigenvalue weighted by Gasteiger charge is 2.40. The minimum atomic E-state index is -0.921. The number of ether oxygens (including phenoxy) is 1. The summed E-state index contributed by atoms with van der Waals surface area (Å²) in [5.41, 5.74) is -0.815. The van der Waals surface area contributed by atoms with E-state index in [1.165, 1.54) is 0 Å². The van der Waals surface area contributed by atoms with Gasteiger partial charge in [-0.2, -0.15) is 0 Å². The second-order valence-corrected chi connectivity index (χ2v) is 6.43. The maximum absolute atomic E-state index is 12.1. The van der Waals surface area contributed by atoms with Gasteiger partial charge in [-0.1, -0.05) is 0 Å². The van der Waals surface area contributed by atoms with Crippen molar-refractivity contribution in [3.8, 4) is 0 Å². The summed E-state index contributed by atoms with van der Waals surface area (Å²) >= 11 is 0. The van der Waals surface area contributed by atoms with E-state index in [1.807, 2.05) is 27.7 Å². The summed E-state index contributed by atoms with van der Waals surface area (Å²) in [5.74, 6) is -0.921. The largest absolute Gasteiger partial charge is 0.481 e. The van der Waals surface area contributed by atoms with E-state index in [0.29, 0.717) is 13.1 Å². The number of urea groups is 1. The number of morpholine rings is 1. The van der Waals surface area contributed by atoms with Crippen molar-refractivity contribution >= 4 is 12.0 Å². The van der Waals surface area contributed by atoms with E-state index in [4.69, 9.17) is 9.84 Å². The van der Waals surface area contributed by atoms with Crippen LogP contribution in [0.2, 0.25) is 0 Å². The normalized spacial score (nSPS) is 22.7. The van der Waals surface area contributed by atoms with E-state index in [1.54, 1.807) is 11.8 Å². The quantitative estimate of drug-likeness (QED) is 0.815. The Morgan fingerprint density at radius 3 is 2.16 bits per heavy atom. The van der Waals surface area contributed by atoms with E-state index in [9.17, 15) is 9.59 Å². The molecule has 0 bridgehead atoms. The number of rotatable bonds is 3. The highest BCUT2D eigenvalue weighted by Crippen LogP contribution is 2.27. The van der Waals surface area contributed by atoms with Gasteiger partial charge in [0.25, 0.3) is 0 Å². The molecule has 2 amide bonds. The first-order chi connectivity index (χ1) is 8.51. The van der Waals surface area contributed by atoms with Crippen molar-refractivity contribution in [2.45, 2.75) is 58.3 Å². The third-order valence-electron chi connectivity index (χ3n) is 2.83. The molecule has 1 fully saturated rings. The van der Waals surface area contributed by atoms with Crippen LogP contribution in [0, 0.1) is 0 Å². The first-order valence-corrected chi connectivity index (χ1v) is 6.48. The molecule has 1 rings (SSSR count). The summed E-state index contributed by atoms with van der Waals surface area (Å²) in [6.07, 6.45) is -0.0805. The Morgan fingerprint density at radius 1 is 1.26 bits per heavy atom. The molecule has 0 aromatic carbocycles.